The van der Waals surface area contributed by atoms with Crippen LogP contribution in [0, 0.1) is 6.92 Å². The second-order valence-electron chi connectivity index (χ2n) is 5.89. The molecule has 2 heterocycles. The number of fused-ring (bicyclic) bond motifs is 1. The number of benzene rings is 1. The summed E-state index contributed by atoms with van der Waals surface area (Å²) in [4.78, 5) is 42.0. The molecule has 26 heavy (non-hydrogen) atoms. The van der Waals surface area contributed by atoms with Crippen molar-refractivity contribution in [3.8, 4) is 0 Å². The molecule has 0 fully saturated rings. The predicted octanol–water partition coefficient (Wildman–Crippen LogP) is 2.57. The third-order valence-corrected chi connectivity index (χ3v) is 5.59. The van der Waals surface area contributed by atoms with E-state index >= 15 is 0 Å². The smallest absolute Gasteiger partial charge is 0.293 e. The number of aryl methyl sites for hydroxylation is 2. The Kier molecular flexibility index (Phi) is 5.02. The second-order valence-corrected chi connectivity index (χ2v) is 7.32. The first-order chi connectivity index (χ1) is 12.3. The van der Waals surface area contributed by atoms with Gasteiger partial charge in [-0.1, -0.05) is 11.6 Å². The summed E-state index contributed by atoms with van der Waals surface area (Å²) in [7, 11) is 3.00. The number of thioether (sulfide) groups is 1. The van der Waals surface area contributed by atoms with Gasteiger partial charge in [-0.3, -0.25) is 18.7 Å². The maximum Gasteiger partial charge on any atom is 0.332 e. The van der Waals surface area contributed by atoms with Gasteiger partial charge in [0.25, 0.3) is 5.56 Å². The van der Waals surface area contributed by atoms with Crippen LogP contribution in [0.1, 0.15) is 15.9 Å². The summed E-state index contributed by atoms with van der Waals surface area (Å²) in [5.41, 5.74) is 0.790. The highest BCUT2D eigenvalue weighted by Gasteiger charge is 2.17. The Morgan fingerprint density at radius 3 is 2.46 bits per heavy atom. The highest BCUT2D eigenvalue weighted by Crippen LogP contribution is 2.28. The fraction of sp³-hybridized carbons (Fsp3) is 0.222. The molecule has 0 unspecified atom stereocenters. The molecule has 0 spiro atoms. The van der Waals surface area contributed by atoms with Gasteiger partial charge in [0.1, 0.15) is 5.65 Å². The summed E-state index contributed by atoms with van der Waals surface area (Å²) in [5, 5.41) is 0.915. The standard InChI is InChI=1S/C18H16ClN3O3S/c1-10-8-20-16-14(17(24)22(3)18(25)21(16)2)15(10)26-9-13(23)11-4-6-12(19)7-5-11/h4-8H,9H2,1-3H3. The van der Waals surface area contributed by atoms with Crippen LogP contribution in [0.5, 0.6) is 0 Å². The summed E-state index contributed by atoms with van der Waals surface area (Å²) < 4.78 is 2.38. The lowest BCUT2D eigenvalue weighted by atomic mass is 10.1. The Labute approximate surface area is 158 Å². The van der Waals surface area contributed by atoms with Gasteiger partial charge in [-0.2, -0.15) is 0 Å². The molecule has 0 aliphatic rings. The number of rotatable bonds is 4. The molecule has 0 aliphatic carbocycles. The Morgan fingerprint density at radius 1 is 1.15 bits per heavy atom. The summed E-state index contributed by atoms with van der Waals surface area (Å²) >= 11 is 7.12. The maximum absolute atomic E-state index is 12.6. The SMILES string of the molecule is Cc1cnc2c(c1SCC(=O)c1ccc(Cl)cc1)c(=O)n(C)c(=O)n2C. The van der Waals surface area contributed by atoms with Crippen molar-refractivity contribution in [3.05, 3.63) is 67.4 Å². The minimum absolute atomic E-state index is 0.0716. The molecule has 6 nitrogen and oxygen atoms in total. The molecule has 0 aliphatic heterocycles. The Bertz CT molecular complexity index is 1130. The number of aromatic nitrogens is 3. The summed E-state index contributed by atoms with van der Waals surface area (Å²) in [6, 6.07) is 6.67. The third-order valence-electron chi connectivity index (χ3n) is 4.11. The van der Waals surface area contributed by atoms with E-state index in [2.05, 4.69) is 4.98 Å². The number of pyridine rings is 1. The van der Waals surface area contributed by atoms with Crippen molar-refractivity contribution in [3.63, 3.8) is 0 Å². The van der Waals surface area contributed by atoms with Crippen LogP contribution in [0.2, 0.25) is 5.02 Å². The first-order valence-electron chi connectivity index (χ1n) is 7.78. The van der Waals surface area contributed by atoms with Crippen molar-refractivity contribution in [2.45, 2.75) is 11.8 Å². The minimum atomic E-state index is -0.438. The molecule has 0 N–H and O–H groups in total. The lowest BCUT2D eigenvalue weighted by molar-refractivity contribution is 0.102. The van der Waals surface area contributed by atoms with Crippen LogP contribution < -0.4 is 11.2 Å². The van der Waals surface area contributed by atoms with Crippen LogP contribution in [0.4, 0.5) is 0 Å². The van der Waals surface area contributed by atoms with Crippen LogP contribution >= 0.6 is 23.4 Å². The minimum Gasteiger partial charge on any atom is -0.293 e. The number of nitrogens with zero attached hydrogens (tertiary/aromatic N) is 3. The highest BCUT2D eigenvalue weighted by molar-refractivity contribution is 8.00. The van der Waals surface area contributed by atoms with Gasteiger partial charge >= 0.3 is 5.69 Å². The van der Waals surface area contributed by atoms with Crippen molar-refractivity contribution in [2.75, 3.05) is 5.75 Å². The lowest BCUT2D eigenvalue weighted by Gasteiger charge is -2.12. The molecule has 0 atom stereocenters. The van der Waals surface area contributed by atoms with Gasteiger partial charge in [0.2, 0.25) is 0 Å². The molecule has 0 saturated carbocycles. The van der Waals surface area contributed by atoms with Crippen LogP contribution in [0.3, 0.4) is 0 Å². The van der Waals surface area contributed by atoms with Gasteiger partial charge in [0.15, 0.2) is 5.78 Å². The molecule has 3 rings (SSSR count). The van der Waals surface area contributed by atoms with Crippen molar-refractivity contribution >= 4 is 40.2 Å². The first-order valence-corrected chi connectivity index (χ1v) is 9.14. The number of halogens is 1. The van der Waals surface area contributed by atoms with E-state index in [1.807, 2.05) is 6.92 Å². The summed E-state index contributed by atoms with van der Waals surface area (Å²) in [6.07, 6.45) is 1.61. The number of ketones is 1. The van der Waals surface area contributed by atoms with Crippen LogP contribution in [0.15, 0.2) is 44.9 Å². The molecular weight excluding hydrogens is 374 g/mol. The van der Waals surface area contributed by atoms with Gasteiger partial charge in [0, 0.05) is 35.8 Å². The highest BCUT2D eigenvalue weighted by atomic mass is 35.5. The third kappa shape index (κ3) is 3.20. The Hall–Kier alpha value is -2.38. The number of carbonyl (C=O) groups is 1. The maximum atomic E-state index is 12.6. The van der Waals surface area contributed by atoms with E-state index in [1.165, 1.54) is 23.4 Å². The van der Waals surface area contributed by atoms with E-state index in [-0.39, 0.29) is 11.5 Å². The van der Waals surface area contributed by atoms with E-state index in [0.29, 0.717) is 26.5 Å². The van der Waals surface area contributed by atoms with Gasteiger partial charge in [0.05, 0.1) is 11.1 Å². The van der Waals surface area contributed by atoms with Gasteiger partial charge in [-0.05, 0) is 36.8 Å². The van der Waals surface area contributed by atoms with Crippen molar-refractivity contribution < 1.29 is 4.79 Å². The number of hydrogen-bond acceptors (Lipinski definition) is 5. The second kappa shape index (κ2) is 7.09. The Balaban J connectivity index is 2.04. The monoisotopic (exact) mass is 389 g/mol. The molecule has 1 aromatic carbocycles. The van der Waals surface area contributed by atoms with Gasteiger partial charge in [-0.25, -0.2) is 9.78 Å². The molecule has 8 heteroatoms. The first kappa shape index (κ1) is 18.4. The summed E-state index contributed by atoms with van der Waals surface area (Å²) in [6.45, 7) is 1.83. The van der Waals surface area contributed by atoms with Crippen molar-refractivity contribution in [1.29, 1.82) is 0 Å². The summed E-state index contributed by atoms with van der Waals surface area (Å²) in [5.74, 6) is 0.0887. The van der Waals surface area contributed by atoms with Gasteiger partial charge in [-0.15, -0.1) is 11.8 Å². The fourth-order valence-corrected chi connectivity index (χ4v) is 3.81. The molecule has 0 amide bonds. The molecule has 0 bridgehead atoms. The predicted molar refractivity (Wildman–Crippen MR) is 103 cm³/mol. The molecule has 0 radical (unpaired) electrons. The van der Waals surface area contributed by atoms with E-state index in [1.54, 1.807) is 37.5 Å². The van der Waals surface area contributed by atoms with Crippen molar-refractivity contribution in [1.82, 2.24) is 14.1 Å². The molecule has 134 valence electrons. The zero-order chi connectivity index (χ0) is 19.0. The van der Waals surface area contributed by atoms with Crippen LogP contribution in [-0.4, -0.2) is 25.7 Å². The van der Waals surface area contributed by atoms with E-state index in [9.17, 15) is 14.4 Å². The Morgan fingerprint density at radius 2 is 1.81 bits per heavy atom. The molecular formula is C18H16ClN3O3S. The number of carbonyl (C=O) groups excluding carboxylic acids is 1. The lowest BCUT2D eigenvalue weighted by Crippen LogP contribution is -2.37. The average molecular weight is 390 g/mol. The largest absolute Gasteiger partial charge is 0.332 e. The van der Waals surface area contributed by atoms with Crippen molar-refractivity contribution in [2.24, 2.45) is 14.1 Å². The van der Waals surface area contributed by atoms with Crippen LogP contribution in [-0.2, 0) is 14.1 Å². The average Bonchev–Trinajstić information content (AvgIpc) is 2.63. The zero-order valence-electron chi connectivity index (χ0n) is 14.4. The fourth-order valence-electron chi connectivity index (χ4n) is 2.64. The molecule has 3 aromatic rings. The quantitative estimate of drug-likeness (QED) is 0.506. The van der Waals surface area contributed by atoms with Gasteiger partial charge < -0.3 is 0 Å². The molecule has 2 aromatic heterocycles. The normalized spacial score (nSPS) is 11.1. The van der Waals surface area contributed by atoms with E-state index < -0.39 is 11.2 Å². The topological polar surface area (TPSA) is 74.0 Å². The number of Topliss-reactive ketones (excluding diaryl/α,β-unsaturated/α-hetero) is 1. The molecule has 0 saturated heterocycles. The number of hydrogen-bond donors (Lipinski definition) is 0. The van der Waals surface area contributed by atoms with Crippen LogP contribution in [0.25, 0.3) is 11.0 Å². The zero-order valence-corrected chi connectivity index (χ0v) is 16.0. The van der Waals surface area contributed by atoms with E-state index in [0.717, 1.165) is 10.1 Å². The van der Waals surface area contributed by atoms with E-state index in [4.69, 9.17) is 11.6 Å².